The molecule has 0 radical (unpaired) electrons. The lowest BCUT2D eigenvalue weighted by Crippen LogP contribution is -2.35. The summed E-state index contributed by atoms with van der Waals surface area (Å²) in [6.07, 6.45) is 2.65. The van der Waals surface area contributed by atoms with Crippen molar-refractivity contribution in [1.29, 1.82) is 0 Å². The Hall–Kier alpha value is -2.27. The number of rotatable bonds is 4. The van der Waals surface area contributed by atoms with Crippen molar-refractivity contribution in [3.63, 3.8) is 0 Å². The lowest BCUT2D eigenvalue weighted by molar-refractivity contribution is 0.109. The van der Waals surface area contributed by atoms with Crippen LogP contribution >= 0.6 is 0 Å². The van der Waals surface area contributed by atoms with Gasteiger partial charge in [0.15, 0.2) is 0 Å². The molecule has 1 aromatic carbocycles. The highest BCUT2D eigenvalue weighted by molar-refractivity contribution is 5.32. The first-order valence-corrected chi connectivity index (χ1v) is 8.91. The second-order valence-electron chi connectivity index (χ2n) is 7.05. The molecule has 2 atom stereocenters. The Morgan fingerprint density at radius 1 is 1.20 bits per heavy atom. The number of hydrogen-bond donors (Lipinski definition) is 1. The van der Waals surface area contributed by atoms with Crippen LogP contribution in [-0.4, -0.2) is 29.6 Å². The van der Waals surface area contributed by atoms with Crippen LogP contribution in [0, 0.1) is 5.92 Å². The Labute approximate surface area is 147 Å². The molecule has 1 fully saturated rings. The predicted octanol–water partition coefficient (Wildman–Crippen LogP) is 3.12. The number of aromatic nitrogens is 1. The summed E-state index contributed by atoms with van der Waals surface area (Å²) < 4.78 is 11.5. The van der Waals surface area contributed by atoms with Crippen molar-refractivity contribution in [3.05, 3.63) is 58.0 Å². The van der Waals surface area contributed by atoms with Crippen LogP contribution in [-0.2, 0) is 6.54 Å². The molecule has 2 heterocycles. The van der Waals surface area contributed by atoms with Gasteiger partial charge >= 0.3 is 0 Å². The molecule has 1 N–H and O–H groups in total. The molecule has 2 aliphatic rings. The van der Waals surface area contributed by atoms with Crippen molar-refractivity contribution in [3.8, 4) is 11.5 Å². The first-order valence-electron chi connectivity index (χ1n) is 8.91. The number of methoxy groups -OCH3 is 1. The van der Waals surface area contributed by atoms with Gasteiger partial charge in [-0.15, -0.1) is 0 Å². The maximum absolute atomic E-state index is 11.8. The molecule has 5 heteroatoms. The van der Waals surface area contributed by atoms with E-state index in [1.165, 1.54) is 18.4 Å². The number of pyridine rings is 1. The minimum atomic E-state index is -0.0801. The largest absolute Gasteiger partial charge is 0.497 e. The van der Waals surface area contributed by atoms with E-state index in [1.54, 1.807) is 13.2 Å². The molecule has 1 saturated carbocycles. The lowest BCUT2D eigenvalue weighted by atomic mass is 10.1. The highest BCUT2D eigenvalue weighted by Gasteiger charge is 2.38. The number of fused-ring (bicyclic) bond motifs is 1. The Balaban J connectivity index is 1.63. The van der Waals surface area contributed by atoms with Gasteiger partial charge in [0.2, 0.25) is 5.56 Å². The number of nitrogens with zero attached hydrogens (tertiary/aromatic N) is 1. The minimum Gasteiger partial charge on any atom is -0.497 e. The molecular formula is C20H24N2O3. The maximum atomic E-state index is 11.8. The van der Waals surface area contributed by atoms with Crippen LogP contribution < -0.4 is 15.0 Å². The van der Waals surface area contributed by atoms with E-state index in [-0.39, 0.29) is 17.7 Å². The zero-order valence-corrected chi connectivity index (χ0v) is 14.7. The van der Waals surface area contributed by atoms with Crippen molar-refractivity contribution >= 4 is 0 Å². The van der Waals surface area contributed by atoms with E-state index in [4.69, 9.17) is 9.47 Å². The Bertz CT molecular complexity index is 795. The standard InChI is InChI=1S/C20H24N2O3/c1-13-20-17(9-10-19(23)21-20)25-18(15-5-6-15)12-22(13)11-14-3-7-16(24-2)8-4-14/h3-4,7-10,13,15,18H,5-6,11-12H2,1-2H3,(H,21,23)/t13?,18-/m0/s1. The molecule has 25 heavy (non-hydrogen) atoms. The normalized spacial score (nSPS) is 23.4. The van der Waals surface area contributed by atoms with Crippen LogP contribution in [0.5, 0.6) is 11.5 Å². The van der Waals surface area contributed by atoms with Crippen molar-refractivity contribution in [2.24, 2.45) is 5.92 Å². The van der Waals surface area contributed by atoms with Crippen LogP contribution in [0.15, 0.2) is 41.2 Å². The molecular weight excluding hydrogens is 316 g/mol. The average Bonchev–Trinajstić information content (AvgIpc) is 3.46. The average molecular weight is 340 g/mol. The second kappa shape index (κ2) is 6.56. The summed E-state index contributed by atoms with van der Waals surface area (Å²) in [6, 6.07) is 11.6. The Morgan fingerprint density at radius 3 is 2.64 bits per heavy atom. The molecule has 5 nitrogen and oxygen atoms in total. The van der Waals surface area contributed by atoms with Crippen LogP contribution in [0.1, 0.15) is 37.1 Å². The zero-order valence-electron chi connectivity index (χ0n) is 14.7. The van der Waals surface area contributed by atoms with Crippen LogP contribution in [0.4, 0.5) is 0 Å². The molecule has 0 saturated heterocycles. The molecule has 1 unspecified atom stereocenters. The zero-order chi connectivity index (χ0) is 17.4. The number of hydrogen-bond acceptors (Lipinski definition) is 4. The fourth-order valence-corrected chi connectivity index (χ4v) is 3.54. The number of nitrogens with one attached hydrogen (secondary N) is 1. The van der Waals surface area contributed by atoms with E-state index < -0.39 is 0 Å². The van der Waals surface area contributed by atoms with Gasteiger partial charge in [-0.2, -0.15) is 0 Å². The third-order valence-electron chi connectivity index (χ3n) is 5.26. The number of H-pyrrole nitrogens is 1. The van der Waals surface area contributed by atoms with E-state index in [0.717, 1.165) is 30.3 Å². The van der Waals surface area contributed by atoms with E-state index in [2.05, 4.69) is 28.9 Å². The van der Waals surface area contributed by atoms with Crippen LogP contribution in [0.25, 0.3) is 0 Å². The summed E-state index contributed by atoms with van der Waals surface area (Å²) >= 11 is 0. The van der Waals surface area contributed by atoms with Gasteiger partial charge in [0, 0.05) is 19.2 Å². The Morgan fingerprint density at radius 2 is 1.96 bits per heavy atom. The predicted molar refractivity (Wildman–Crippen MR) is 96.0 cm³/mol. The van der Waals surface area contributed by atoms with Gasteiger partial charge in [-0.25, -0.2) is 0 Å². The third kappa shape index (κ3) is 3.42. The van der Waals surface area contributed by atoms with Gasteiger partial charge in [-0.05, 0) is 49.4 Å². The highest BCUT2D eigenvalue weighted by atomic mass is 16.5. The molecule has 1 aliphatic carbocycles. The van der Waals surface area contributed by atoms with Crippen molar-refractivity contribution in [2.45, 2.75) is 38.5 Å². The van der Waals surface area contributed by atoms with E-state index >= 15 is 0 Å². The Kier molecular flexibility index (Phi) is 4.25. The van der Waals surface area contributed by atoms with Gasteiger partial charge in [0.05, 0.1) is 18.8 Å². The van der Waals surface area contributed by atoms with E-state index in [9.17, 15) is 4.79 Å². The number of benzene rings is 1. The summed E-state index contributed by atoms with van der Waals surface area (Å²) in [6.45, 7) is 3.82. The third-order valence-corrected chi connectivity index (χ3v) is 5.26. The van der Waals surface area contributed by atoms with Crippen LogP contribution in [0.3, 0.4) is 0 Å². The summed E-state index contributed by atoms with van der Waals surface area (Å²) in [5, 5.41) is 0. The van der Waals surface area contributed by atoms with E-state index in [0.29, 0.717) is 5.92 Å². The maximum Gasteiger partial charge on any atom is 0.248 e. The molecule has 1 aromatic heterocycles. The smallest absolute Gasteiger partial charge is 0.248 e. The molecule has 0 spiro atoms. The second-order valence-corrected chi connectivity index (χ2v) is 7.05. The first-order chi connectivity index (χ1) is 12.1. The molecule has 4 rings (SSSR count). The molecule has 0 amide bonds. The summed E-state index contributed by atoms with van der Waals surface area (Å²) in [5.41, 5.74) is 2.02. The lowest BCUT2D eigenvalue weighted by Gasteiger charge is -2.28. The summed E-state index contributed by atoms with van der Waals surface area (Å²) in [4.78, 5) is 17.2. The van der Waals surface area contributed by atoms with Crippen molar-refractivity contribution in [2.75, 3.05) is 13.7 Å². The first kappa shape index (κ1) is 16.2. The van der Waals surface area contributed by atoms with Gasteiger partial charge < -0.3 is 14.5 Å². The quantitative estimate of drug-likeness (QED) is 0.929. The highest BCUT2D eigenvalue weighted by Crippen LogP contribution is 2.40. The van der Waals surface area contributed by atoms with Gasteiger partial charge in [-0.1, -0.05) is 12.1 Å². The van der Waals surface area contributed by atoms with Crippen molar-refractivity contribution < 1.29 is 9.47 Å². The molecule has 0 bridgehead atoms. The van der Waals surface area contributed by atoms with Crippen molar-refractivity contribution in [1.82, 2.24) is 9.88 Å². The van der Waals surface area contributed by atoms with Gasteiger partial charge in [0.1, 0.15) is 17.6 Å². The fourth-order valence-electron chi connectivity index (χ4n) is 3.54. The molecule has 1 aliphatic heterocycles. The topological polar surface area (TPSA) is 54.6 Å². The number of aromatic amines is 1. The molecule has 132 valence electrons. The summed E-state index contributed by atoms with van der Waals surface area (Å²) in [5.74, 6) is 2.31. The van der Waals surface area contributed by atoms with E-state index in [1.807, 2.05) is 18.2 Å². The minimum absolute atomic E-state index is 0.0801. The van der Waals surface area contributed by atoms with Gasteiger partial charge in [0.25, 0.3) is 0 Å². The summed E-state index contributed by atoms with van der Waals surface area (Å²) in [7, 11) is 1.68. The number of ether oxygens (including phenoxy) is 2. The van der Waals surface area contributed by atoms with Crippen LogP contribution in [0.2, 0.25) is 0 Å². The fraction of sp³-hybridized carbons (Fsp3) is 0.450. The van der Waals surface area contributed by atoms with Gasteiger partial charge in [-0.3, -0.25) is 9.69 Å². The monoisotopic (exact) mass is 340 g/mol. The molecule has 2 aromatic rings. The SMILES string of the molecule is COc1ccc(CN2C[C@@H](C3CC3)Oc3ccc(=O)[nH]c3C2C)cc1.